The topological polar surface area (TPSA) is 3.24 Å². The van der Waals surface area contributed by atoms with E-state index in [1.54, 1.807) is 0 Å². The Labute approximate surface area is 84.0 Å². The van der Waals surface area contributed by atoms with Crippen LogP contribution < -0.4 is 0 Å². The van der Waals surface area contributed by atoms with E-state index in [2.05, 4.69) is 40.8 Å². The lowest BCUT2D eigenvalue weighted by Crippen LogP contribution is -2.21. The summed E-state index contributed by atoms with van der Waals surface area (Å²) in [6, 6.07) is 0. The van der Waals surface area contributed by atoms with E-state index in [0.717, 1.165) is 12.5 Å². The van der Waals surface area contributed by atoms with Crippen molar-refractivity contribution in [1.82, 2.24) is 4.90 Å². The monoisotopic (exact) mass is 231 g/mol. The minimum Gasteiger partial charge on any atom is -0.299 e. The highest BCUT2D eigenvalue weighted by Gasteiger charge is 2.19. The summed E-state index contributed by atoms with van der Waals surface area (Å²) in [5.74, 6) is 0.885. The number of likely N-dealkylation sites (tertiary alicyclic amines) is 1. The molecule has 1 fully saturated rings. The lowest BCUT2D eigenvalue weighted by molar-refractivity contribution is 0.364. The molecule has 1 heterocycles. The maximum absolute atomic E-state index is 3.54. The predicted octanol–water partition coefficient (Wildman–Crippen LogP) is 2.67. The zero-order valence-electron chi connectivity index (χ0n) is 8.02. The minimum atomic E-state index is 0.885. The Balaban J connectivity index is 2.23. The summed E-state index contributed by atoms with van der Waals surface area (Å²) in [5, 5.41) is 1.17. The lowest BCUT2D eigenvalue weighted by atomic mass is 10.2. The summed E-state index contributed by atoms with van der Waals surface area (Å²) in [6.07, 6.45) is 3.68. The number of hydrogen-bond donors (Lipinski definition) is 0. The van der Waals surface area contributed by atoms with Crippen molar-refractivity contribution in [1.29, 1.82) is 0 Å². The van der Waals surface area contributed by atoms with Crippen molar-refractivity contribution in [2.45, 2.75) is 20.3 Å². The molecule has 1 aliphatic rings. The zero-order chi connectivity index (χ0) is 8.97. The van der Waals surface area contributed by atoms with E-state index in [-0.39, 0.29) is 0 Å². The Morgan fingerprint density at radius 3 is 2.83 bits per heavy atom. The van der Waals surface area contributed by atoms with E-state index in [9.17, 15) is 0 Å². The Morgan fingerprint density at radius 2 is 2.33 bits per heavy atom. The first kappa shape index (κ1) is 10.3. The van der Waals surface area contributed by atoms with Crippen LogP contribution in [-0.4, -0.2) is 29.9 Å². The van der Waals surface area contributed by atoms with E-state index in [1.165, 1.54) is 30.4 Å². The van der Waals surface area contributed by atoms with Crippen LogP contribution in [0.1, 0.15) is 20.3 Å². The van der Waals surface area contributed by atoms with Gasteiger partial charge in [-0.2, -0.15) is 0 Å². The van der Waals surface area contributed by atoms with E-state index >= 15 is 0 Å². The second-order valence-corrected chi connectivity index (χ2v) is 4.50. The Kier molecular flexibility index (Phi) is 4.30. The fraction of sp³-hybridized carbons (Fsp3) is 0.800. The predicted molar refractivity (Wildman–Crippen MR) is 57.8 cm³/mol. The van der Waals surface area contributed by atoms with Gasteiger partial charge in [0.25, 0.3) is 0 Å². The second kappa shape index (κ2) is 5.03. The van der Waals surface area contributed by atoms with E-state index in [1.807, 2.05) is 0 Å². The summed E-state index contributed by atoms with van der Waals surface area (Å²) in [5.41, 5.74) is 1.43. The molecule has 0 amide bonds. The van der Waals surface area contributed by atoms with Crippen LogP contribution in [-0.2, 0) is 0 Å². The molecule has 0 aliphatic carbocycles. The molecule has 2 heteroatoms. The molecule has 0 radical (unpaired) electrons. The second-order valence-electron chi connectivity index (χ2n) is 3.85. The molecule has 1 saturated heterocycles. The van der Waals surface area contributed by atoms with Crippen LogP contribution in [0, 0.1) is 5.92 Å². The molecular weight excluding hydrogens is 214 g/mol. The summed E-state index contributed by atoms with van der Waals surface area (Å²) in [6.45, 7) is 8.02. The van der Waals surface area contributed by atoms with Gasteiger partial charge >= 0.3 is 0 Å². The molecule has 0 bridgehead atoms. The maximum atomic E-state index is 3.54. The number of halogens is 1. The van der Waals surface area contributed by atoms with Crippen LogP contribution in [0.5, 0.6) is 0 Å². The van der Waals surface area contributed by atoms with Crippen LogP contribution in [0.15, 0.2) is 11.6 Å². The van der Waals surface area contributed by atoms with Crippen LogP contribution in [0.25, 0.3) is 0 Å². The molecule has 1 nitrogen and oxygen atoms in total. The van der Waals surface area contributed by atoms with Crippen molar-refractivity contribution < 1.29 is 0 Å². The van der Waals surface area contributed by atoms with E-state index < -0.39 is 0 Å². The maximum Gasteiger partial charge on any atom is 0.0165 e. The van der Waals surface area contributed by atoms with Gasteiger partial charge in [-0.3, -0.25) is 4.90 Å². The van der Waals surface area contributed by atoms with E-state index in [0.29, 0.717) is 0 Å². The van der Waals surface area contributed by atoms with E-state index in [4.69, 9.17) is 0 Å². The van der Waals surface area contributed by atoms with Gasteiger partial charge in [0.05, 0.1) is 0 Å². The fourth-order valence-electron chi connectivity index (χ4n) is 1.52. The third-order valence-corrected chi connectivity index (χ3v) is 3.26. The van der Waals surface area contributed by atoms with Crippen molar-refractivity contribution in [3.63, 3.8) is 0 Å². The highest BCUT2D eigenvalue weighted by Crippen LogP contribution is 2.17. The molecule has 12 heavy (non-hydrogen) atoms. The Hall–Kier alpha value is 0.180. The van der Waals surface area contributed by atoms with Crippen molar-refractivity contribution in [3.05, 3.63) is 11.6 Å². The first-order valence-electron chi connectivity index (χ1n) is 4.64. The largest absolute Gasteiger partial charge is 0.299 e. The van der Waals surface area contributed by atoms with Gasteiger partial charge in [0, 0.05) is 18.4 Å². The average molecular weight is 232 g/mol. The summed E-state index contributed by atoms with van der Waals surface area (Å²) in [4.78, 5) is 2.53. The molecule has 0 saturated carbocycles. The Morgan fingerprint density at radius 1 is 1.58 bits per heavy atom. The van der Waals surface area contributed by atoms with Crippen molar-refractivity contribution in [2.75, 3.05) is 25.0 Å². The molecule has 0 aromatic carbocycles. The van der Waals surface area contributed by atoms with Crippen LogP contribution in [0.4, 0.5) is 0 Å². The van der Waals surface area contributed by atoms with Gasteiger partial charge in [-0.1, -0.05) is 27.6 Å². The lowest BCUT2D eigenvalue weighted by Gasteiger charge is -2.12. The summed E-state index contributed by atoms with van der Waals surface area (Å²) < 4.78 is 0. The van der Waals surface area contributed by atoms with Crippen molar-refractivity contribution >= 4 is 15.9 Å². The van der Waals surface area contributed by atoms with Crippen molar-refractivity contribution in [3.8, 4) is 0 Å². The zero-order valence-corrected chi connectivity index (χ0v) is 9.60. The van der Waals surface area contributed by atoms with Gasteiger partial charge in [0.1, 0.15) is 0 Å². The highest BCUT2D eigenvalue weighted by atomic mass is 79.9. The Bertz CT molecular complexity index is 161. The number of rotatable bonds is 3. The molecule has 1 atom stereocenters. The van der Waals surface area contributed by atoms with Crippen LogP contribution in [0.2, 0.25) is 0 Å². The number of nitrogens with zero attached hydrogens (tertiary/aromatic N) is 1. The van der Waals surface area contributed by atoms with Gasteiger partial charge in [-0.15, -0.1) is 0 Å². The summed E-state index contributed by atoms with van der Waals surface area (Å²) >= 11 is 3.54. The highest BCUT2D eigenvalue weighted by molar-refractivity contribution is 9.09. The quantitative estimate of drug-likeness (QED) is 0.534. The standard InChI is InChI=1S/C10H18BrN/c1-9(2)3-5-12-6-4-10(7-11)8-12/h3,10H,4-8H2,1-2H3. The molecule has 0 aromatic rings. The van der Waals surface area contributed by atoms with Gasteiger partial charge in [-0.05, 0) is 32.7 Å². The minimum absolute atomic E-state index is 0.885. The normalized spacial score (nSPS) is 24.4. The number of hydrogen-bond acceptors (Lipinski definition) is 1. The number of alkyl halides is 1. The average Bonchev–Trinajstić information content (AvgIpc) is 2.48. The first-order valence-corrected chi connectivity index (χ1v) is 5.76. The SMILES string of the molecule is CC(C)=CCN1CCC(CBr)C1. The van der Waals surface area contributed by atoms with Gasteiger partial charge < -0.3 is 0 Å². The summed E-state index contributed by atoms with van der Waals surface area (Å²) in [7, 11) is 0. The van der Waals surface area contributed by atoms with Gasteiger partial charge in [0.15, 0.2) is 0 Å². The molecule has 0 spiro atoms. The smallest absolute Gasteiger partial charge is 0.0165 e. The fourth-order valence-corrected chi connectivity index (χ4v) is 2.04. The molecule has 70 valence electrons. The van der Waals surface area contributed by atoms with Crippen LogP contribution >= 0.6 is 15.9 Å². The van der Waals surface area contributed by atoms with Gasteiger partial charge in [-0.25, -0.2) is 0 Å². The third kappa shape index (κ3) is 3.28. The molecule has 0 aromatic heterocycles. The third-order valence-electron chi connectivity index (χ3n) is 2.35. The van der Waals surface area contributed by atoms with Gasteiger partial charge in [0.2, 0.25) is 0 Å². The molecule has 0 N–H and O–H groups in total. The van der Waals surface area contributed by atoms with Crippen molar-refractivity contribution in [2.24, 2.45) is 5.92 Å². The molecular formula is C10H18BrN. The first-order chi connectivity index (χ1) is 5.72. The van der Waals surface area contributed by atoms with Crippen LogP contribution in [0.3, 0.4) is 0 Å². The molecule has 1 aliphatic heterocycles. The number of allylic oxidation sites excluding steroid dienone is 1. The molecule has 1 unspecified atom stereocenters. The molecule has 1 rings (SSSR count).